The SMILES string of the molecule is CNC(=O)Oc1ccc2c(c1)C1(C)CCN(C)OC1N2C.O=C(O)c1ccccc1O. The maximum Gasteiger partial charge on any atom is 0.412 e. The molecule has 2 aliphatic rings. The molecule has 1 amide bonds. The van der Waals surface area contributed by atoms with Crippen molar-refractivity contribution in [3.05, 3.63) is 53.6 Å². The number of rotatable bonds is 2. The Morgan fingerprint density at radius 2 is 1.94 bits per heavy atom. The summed E-state index contributed by atoms with van der Waals surface area (Å²) in [6, 6.07) is 11.6. The van der Waals surface area contributed by atoms with Crippen molar-refractivity contribution in [3.8, 4) is 11.5 Å². The van der Waals surface area contributed by atoms with Gasteiger partial charge in [0, 0.05) is 38.8 Å². The number of carbonyl (C=O) groups excluding carboxylic acids is 1. The van der Waals surface area contributed by atoms with Crippen LogP contribution in [0.25, 0.3) is 0 Å². The number of amides is 1. The first-order chi connectivity index (χ1) is 14.7. The summed E-state index contributed by atoms with van der Waals surface area (Å²) in [6.45, 7) is 3.08. The predicted octanol–water partition coefficient (Wildman–Crippen LogP) is 2.80. The van der Waals surface area contributed by atoms with Gasteiger partial charge in [0.05, 0.1) is 0 Å². The summed E-state index contributed by atoms with van der Waals surface area (Å²) in [5, 5.41) is 21.7. The number of carboxylic acids is 1. The average Bonchev–Trinajstić information content (AvgIpc) is 2.96. The molecule has 2 aliphatic heterocycles. The number of ether oxygens (including phenoxy) is 1. The van der Waals surface area contributed by atoms with E-state index in [0.717, 1.165) is 18.7 Å². The van der Waals surface area contributed by atoms with Gasteiger partial charge in [-0.25, -0.2) is 9.59 Å². The van der Waals surface area contributed by atoms with E-state index in [1.165, 1.54) is 17.7 Å². The molecule has 2 atom stereocenters. The zero-order valence-corrected chi connectivity index (χ0v) is 18.0. The van der Waals surface area contributed by atoms with Gasteiger partial charge in [0.25, 0.3) is 0 Å². The number of phenols is 1. The van der Waals surface area contributed by atoms with Crippen molar-refractivity contribution in [1.82, 2.24) is 10.4 Å². The third kappa shape index (κ3) is 4.42. The fraction of sp³-hybridized carbons (Fsp3) is 0.364. The smallest absolute Gasteiger partial charge is 0.412 e. The first kappa shape index (κ1) is 22.4. The highest BCUT2D eigenvalue weighted by molar-refractivity contribution is 5.90. The number of nitrogens with zero attached hydrogens (tertiary/aromatic N) is 2. The fourth-order valence-electron chi connectivity index (χ4n) is 3.90. The lowest BCUT2D eigenvalue weighted by atomic mass is 9.79. The van der Waals surface area contributed by atoms with Crippen molar-refractivity contribution in [2.24, 2.45) is 0 Å². The minimum Gasteiger partial charge on any atom is -0.507 e. The molecule has 4 rings (SSSR count). The fourth-order valence-corrected chi connectivity index (χ4v) is 3.90. The van der Waals surface area contributed by atoms with Gasteiger partial charge < -0.3 is 25.2 Å². The Morgan fingerprint density at radius 3 is 2.55 bits per heavy atom. The predicted molar refractivity (Wildman–Crippen MR) is 114 cm³/mol. The molecule has 2 heterocycles. The molecule has 0 saturated carbocycles. The van der Waals surface area contributed by atoms with Crippen molar-refractivity contribution in [2.75, 3.05) is 32.6 Å². The Hall–Kier alpha value is -3.30. The van der Waals surface area contributed by atoms with Crippen LogP contribution in [-0.4, -0.2) is 61.3 Å². The minimum absolute atomic E-state index is 0.0264. The van der Waals surface area contributed by atoms with Crippen molar-refractivity contribution >= 4 is 17.7 Å². The first-order valence-electron chi connectivity index (χ1n) is 9.83. The topological polar surface area (TPSA) is 112 Å². The summed E-state index contributed by atoms with van der Waals surface area (Å²) in [7, 11) is 5.54. The third-order valence-corrected chi connectivity index (χ3v) is 5.64. The molecule has 0 radical (unpaired) electrons. The molecule has 0 aliphatic carbocycles. The van der Waals surface area contributed by atoms with E-state index < -0.39 is 12.1 Å². The molecule has 9 nitrogen and oxygen atoms in total. The summed E-state index contributed by atoms with van der Waals surface area (Å²) in [6.07, 6.45) is 0.513. The Kier molecular flexibility index (Phi) is 6.37. The van der Waals surface area contributed by atoms with Crippen molar-refractivity contribution in [2.45, 2.75) is 25.0 Å². The number of hydrogen-bond acceptors (Lipinski definition) is 7. The van der Waals surface area contributed by atoms with E-state index in [2.05, 4.69) is 17.1 Å². The largest absolute Gasteiger partial charge is 0.507 e. The molecule has 2 aromatic carbocycles. The molecular weight excluding hydrogens is 402 g/mol. The molecule has 2 unspecified atom stereocenters. The van der Waals surface area contributed by atoms with Crippen molar-refractivity contribution in [1.29, 1.82) is 0 Å². The Balaban J connectivity index is 0.000000229. The van der Waals surface area contributed by atoms with Crippen LogP contribution in [0.4, 0.5) is 10.5 Å². The van der Waals surface area contributed by atoms with Crippen LogP contribution < -0.4 is 15.0 Å². The van der Waals surface area contributed by atoms with E-state index in [1.807, 2.05) is 37.4 Å². The summed E-state index contributed by atoms with van der Waals surface area (Å²) >= 11 is 0. The molecule has 0 aromatic heterocycles. The van der Waals surface area contributed by atoms with E-state index in [1.54, 1.807) is 19.2 Å². The number of hydroxylamine groups is 2. The molecule has 0 bridgehead atoms. The molecule has 2 aromatic rings. The van der Waals surface area contributed by atoms with Gasteiger partial charge in [0.15, 0.2) is 6.23 Å². The highest BCUT2D eigenvalue weighted by atomic mass is 16.7. The highest BCUT2D eigenvalue weighted by Crippen LogP contribution is 2.50. The average molecular weight is 429 g/mol. The zero-order valence-electron chi connectivity index (χ0n) is 18.0. The maximum atomic E-state index is 11.4. The van der Waals surface area contributed by atoms with Crippen LogP contribution in [0.3, 0.4) is 0 Å². The number of benzene rings is 2. The maximum absolute atomic E-state index is 11.4. The van der Waals surface area contributed by atoms with Crippen LogP contribution >= 0.6 is 0 Å². The summed E-state index contributed by atoms with van der Waals surface area (Å²) in [5.41, 5.74) is 2.13. The summed E-state index contributed by atoms with van der Waals surface area (Å²) in [4.78, 5) is 29.8. The third-order valence-electron chi connectivity index (χ3n) is 5.64. The first-order valence-corrected chi connectivity index (χ1v) is 9.83. The number of likely N-dealkylation sites (N-methyl/N-ethyl adjacent to an activating group) is 1. The van der Waals surface area contributed by atoms with E-state index >= 15 is 0 Å². The number of carbonyl (C=O) groups is 2. The van der Waals surface area contributed by atoms with Crippen LogP contribution in [0.15, 0.2) is 42.5 Å². The second-order valence-electron chi connectivity index (χ2n) is 7.73. The molecule has 9 heteroatoms. The van der Waals surface area contributed by atoms with Gasteiger partial charge in [-0.1, -0.05) is 19.1 Å². The monoisotopic (exact) mass is 429 g/mol. The number of carboxylic acid groups (broad SMARTS) is 1. The van der Waals surface area contributed by atoms with E-state index in [9.17, 15) is 9.59 Å². The normalized spacial score (nSPS) is 21.9. The molecular formula is C22H27N3O6. The Labute approximate surface area is 180 Å². The minimum atomic E-state index is -1.11. The van der Waals surface area contributed by atoms with Crippen LogP contribution in [-0.2, 0) is 10.3 Å². The van der Waals surface area contributed by atoms with Crippen LogP contribution in [0, 0.1) is 0 Å². The van der Waals surface area contributed by atoms with Crippen molar-refractivity contribution < 1.29 is 29.4 Å². The number of nitrogens with one attached hydrogen (secondary N) is 1. The molecule has 0 spiro atoms. The molecule has 3 N–H and O–H groups in total. The lowest BCUT2D eigenvalue weighted by Gasteiger charge is -2.42. The van der Waals surface area contributed by atoms with Crippen LogP contribution in [0.1, 0.15) is 29.3 Å². The summed E-state index contributed by atoms with van der Waals surface area (Å²) < 4.78 is 5.25. The van der Waals surface area contributed by atoms with Gasteiger partial charge in [-0.05, 0) is 42.3 Å². The number of aromatic hydroxyl groups is 1. The van der Waals surface area contributed by atoms with Crippen LogP contribution in [0.2, 0.25) is 0 Å². The number of para-hydroxylation sites is 1. The van der Waals surface area contributed by atoms with Gasteiger partial charge in [-0.3, -0.25) is 4.84 Å². The second-order valence-corrected chi connectivity index (χ2v) is 7.73. The highest BCUT2D eigenvalue weighted by Gasteiger charge is 2.50. The Bertz CT molecular complexity index is 981. The number of fused-ring (bicyclic) bond motifs is 3. The van der Waals surface area contributed by atoms with Gasteiger partial charge in [-0.15, -0.1) is 0 Å². The van der Waals surface area contributed by atoms with Gasteiger partial charge in [0.1, 0.15) is 17.1 Å². The second kappa shape index (κ2) is 8.83. The number of anilines is 1. The van der Waals surface area contributed by atoms with Gasteiger partial charge in [0.2, 0.25) is 0 Å². The number of hydrogen-bond donors (Lipinski definition) is 3. The lowest BCUT2D eigenvalue weighted by molar-refractivity contribution is -0.226. The standard InChI is InChI=1S/C15H21N3O3.C7H6O3/c1-15-7-8-17(3)21-13(15)18(4)12-6-5-10(9-11(12)15)20-14(19)16-2;8-6-4-2-1-3-5(6)7(9)10/h5-6,9,13H,7-8H2,1-4H3,(H,16,19);1-4,8H,(H,9,10). The molecule has 1 fully saturated rings. The molecule has 31 heavy (non-hydrogen) atoms. The Morgan fingerprint density at radius 1 is 1.23 bits per heavy atom. The van der Waals surface area contributed by atoms with Gasteiger partial charge >= 0.3 is 12.1 Å². The van der Waals surface area contributed by atoms with E-state index in [0.29, 0.717) is 5.75 Å². The molecule has 166 valence electrons. The zero-order chi connectivity index (χ0) is 22.8. The number of aromatic carboxylic acids is 1. The van der Waals surface area contributed by atoms with Crippen LogP contribution in [0.5, 0.6) is 11.5 Å². The van der Waals surface area contributed by atoms with Gasteiger partial charge in [-0.2, -0.15) is 5.06 Å². The van der Waals surface area contributed by atoms with Crippen molar-refractivity contribution in [3.63, 3.8) is 0 Å². The summed E-state index contributed by atoms with van der Waals surface area (Å²) in [5.74, 6) is -0.754. The lowest BCUT2D eigenvalue weighted by Crippen LogP contribution is -2.52. The van der Waals surface area contributed by atoms with E-state index in [4.69, 9.17) is 19.8 Å². The van der Waals surface area contributed by atoms with E-state index in [-0.39, 0.29) is 23.0 Å². The molecule has 1 saturated heterocycles. The quantitative estimate of drug-likeness (QED) is 0.668.